The molecular formula is C17H29NO3. The van der Waals surface area contributed by atoms with Gasteiger partial charge in [0.15, 0.2) is 0 Å². The lowest BCUT2D eigenvalue weighted by Crippen LogP contribution is -2.37. The summed E-state index contributed by atoms with van der Waals surface area (Å²) in [6.45, 7) is 6.14. The predicted octanol–water partition coefficient (Wildman–Crippen LogP) is 3.31. The summed E-state index contributed by atoms with van der Waals surface area (Å²) in [5, 5.41) is 9.20. The molecule has 1 aliphatic heterocycles. The Morgan fingerprint density at radius 3 is 2.38 bits per heavy atom. The number of aliphatic carboxylic acids is 1. The van der Waals surface area contributed by atoms with E-state index in [1.165, 1.54) is 6.42 Å². The van der Waals surface area contributed by atoms with E-state index < -0.39 is 5.97 Å². The van der Waals surface area contributed by atoms with Crippen molar-refractivity contribution in [3.05, 3.63) is 0 Å². The molecule has 21 heavy (non-hydrogen) atoms. The highest BCUT2D eigenvalue weighted by Gasteiger charge is 2.39. The molecule has 1 unspecified atom stereocenters. The molecule has 120 valence electrons. The zero-order chi connectivity index (χ0) is 15.5. The van der Waals surface area contributed by atoms with Gasteiger partial charge in [-0.2, -0.15) is 0 Å². The number of likely N-dealkylation sites (tertiary alicyclic amines) is 1. The molecule has 2 rings (SSSR count). The first-order valence-corrected chi connectivity index (χ1v) is 8.41. The van der Waals surface area contributed by atoms with Gasteiger partial charge < -0.3 is 10.0 Å². The first-order chi connectivity index (χ1) is 9.92. The lowest BCUT2D eigenvalue weighted by atomic mass is 9.69. The van der Waals surface area contributed by atoms with Gasteiger partial charge in [0.05, 0.1) is 6.42 Å². The third-order valence-corrected chi connectivity index (χ3v) is 5.49. The van der Waals surface area contributed by atoms with Crippen LogP contribution in [0.1, 0.15) is 65.2 Å². The Bertz CT molecular complexity index is 385. The van der Waals surface area contributed by atoms with E-state index in [9.17, 15) is 14.7 Å². The quantitative estimate of drug-likeness (QED) is 0.846. The van der Waals surface area contributed by atoms with Gasteiger partial charge in [-0.15, -0.1) is 0 Å². The second kappa shape index (κ2) is 6.80. The van der Waals surface area contributed by atoms with Gasteiger partial charge in [0.2, 0.25) is 5.91 Å². The van der Waals surface area contributed by atoms with E-state index in [1.807, 2.05) is 4.90 Å². The van der Waals surface area contributed by atoms with E-state index >= 15 is 0 Å². The third-order valence-electron chi connectivity index (χ3n) is 5.49. The maximum absolute atomic E-state index is 12.6. The average Bonchev–Trinajstić information content (AvgIpc) is 2.88. The summed E-state index contributed by atoms with van der Waals surface area (Å²) in [5.41, 5.74) is -0.281. The van der Waals surface area contributed by atoms with Crippen LogP contribution in [0.25, 0.3) is 0 Å². The van der Waals surface area contributed by atoms with Crippen LogP contribution >= 0.6 is 0 Å². The number of carbonyl (C=O) groups excluding carboxylic acids is 1. The summed E-state index contributed by atoms with van der Waals surface area (Å²) >= 11 is 0. The molecule has 0 radical (unpaired) electrons. The first-order valence-electron chi connectivity index (χ1n) is 8.41. The standard InChI is InChI=1S/C17H29NO3/c1-13(2)14-6-9-18(12-14)15(19)10-17(11-16(20)21)7-4-3-5-8-17/h13-14H,3-12H2,1-2H3,(H,20,21). The number of carboxylic acid groups (broad SMARTS) is 1. The molecule has 1 N–H and O–H groups in total. The number of carbonyl (C=O) groups is 2. The van der Waals surface area contributed by atoms with Gasteiger partial charge in [0.25, 0.3) is 0 Å². The van der Waals surface area contributed by atoms with Crippen molar-refractivity contribution < 1.29 is 14.7 Å². The smallest absolute Gasteiger partial charge is 0.303 e. The average molecular weight is 295 g/mol. The van der Waals surface area contributed by atoms with Crippen LogP contribution in [0.15, 0.2) is 0 Å². The Labute approximate surface area is 127 Å². The number of amides is 1. The van der Waals surface area contributed by atoms with Crippen LogP contribution in [0.2, 0.25) is 0 Å². The summed E-state index contributed by atoms with van der Waals surface area (Å²) in [6, 6.07) is 0. The van der Waals surface area contributed by atoms with Crippen molar-refractivity contribution >= 4 is 11.9 Å². The fraction of sp³-hybridized carbons (Fsp3) is 0.882. The molecule has 2 fully saturated rings. The van der Waals surface area contributed by atoms with Crippen molar-refractivity contribution in [3.8, 4) is 0 Å². The van der Waals surface area contributed by atoms with Crippen LogP contribution < -0.4 is 0 Å². The Morgan fingerprint density at radius 1 is 1.19 bits per heavy atom. The zero-order valence-corrected chi connectivity index (χ0v) is 13.4. The normalized spacial score (nSPS) is 25.3. The highest BCUT2D eigenvalue weighted by molar-refractivity contribution is 5.78. The molecule has 4 heteroatoms. The van der Waals surface area contributed by atoms with Crippen molar-refractivity contribution in [3.63, 3.8) is 0 Å². The molecular weight excluding hydrogens is 266 g/mol. The lowest BCUT2D eigenvalue weighted by molar-refractivity contribution is -0.142. The van der Waals surface area contributed by atoms with E-state index in [4.69, 9.17) is 0 Å². The van der Waals surface area contributed by atoms with Crippen LogP contribution in [0.3, 0.4) is 0 Å². The zero-order valence-electron chi connectivity index (χ0n) is 13.4. The SMILES string of the molecule is CC(C)C1CCN(C(=O)CC2(CC(=O)O)CCCCC2)C1. The highest BCUT2D eigenvalue weighted by atomic mass is 16.4. The largest absolute Gasteiger partial charge is 0.481 e. The number of carboxylic acids is 1. The molecule has 2 aliphatic rings. The van der Waals surface area contributed by atoms with Gasteiger partial charge in [-0.25, -0.2) is 0 Å². The van der Waals surface area contributed by atoms with Crippen LogP contribution in [-0.2, 0) is 9.59 Å². The summed E-state index contributed by atoms with van der Waals surface area (Å²) in [7, 11) is 0. The van der Waals surface area contributed by atoms with Crippen molar-refractivity contribution in [1.29, 1.82) is 0 Å². The summed E-state index contributed by atoms with van der Waals surface area (Å²) < 4.78 is 0. The molecule has 0 aromatic rings. The van der Waals surface area contributed by atoms with Gasteiger partial charge >= 0.3 is 5.97 Å². The monoisotopic (exact) mass is 295 g/mol. The molecule has 0 aromatic carbocycles. The number of rotatable bonds is 5. The maximum atomic E-state index is 12.6. The molecule has 1 amide bonds. The van der Waals surface area contributed by atoms with Gasteiger partial charge in [0.1, 0.15) is 0 Å². The van der Waals surface area contributed by atoms with Gasteiger partial charge in [-0.1, -0.05) is 33.1 Å². The first kappa shape index (κ1) is 16.3. The number of hydrogen-bond acceptors (Lipinski definition) is 2. The van der Waals surface area contributed by atoms with E-state index in [1.54, 1.807) is 0 Å². The predicted molar refractivity (Wildman–Crippen MR) is 81.9 cm³/mol. The van der Waals surface area contributed by atoms with Crippen LogP contribution in [0.5, 0.6) is 0 Å². The number of nitrogens with zero attached hydrogens (tertiary/aromatic N) is 1. The Hall–Kier alpha value is -1.06. The van der Waals surface area contributed by atoms with Gasteiger partial charge in [0, 0.05) is 19.5 Å². The Morgan fingerprint density at radius 2 is 1.86 bits per heavy atom. The van der Waals surface area contributed by atoms with Gasteiger partial charge in [-0.3, -0.25) is 9.59 Å². The maximum Gasteiger partial charge on any atom is 0.303 e. The van der Waals surface area contributed by atoms with Crippen molar-refractivity contribution in [2.24, 2.45) is 17.3 Å². The molecule has 1 aliphatic carbocycles. The second-order valence-corrected chi connectivity index (χ2v) is 7.44. The minimum Gasteiger partial charge on any atom is -0.481 e. The minimum atomic E-state index is -0.758. The fourth-order valence-electron chi connectivity index (χ4n) is 4.03. The molecule has 1 heterocycles. The molecule has 4 nitrogen and oxygen atoms in total. The van der Waals surface area contributed by atoms with Crippen LogP contribution in [-0.4, -0.2) is 35.0 Å². The molecule has 1 saturated carbocycles. The second-order valence-electron chi connectivity index (χ2n) is 7.44. The van der Waals surface area contributed by atoms with E-state index in [0.717, 1.165) is 45.2 Å². The summed E-state index contributed by atoms with van der Waals surface area (Å²) in [6.07, 6.45) is 6.78. The van der Waals surface area contributed by atoms with E-state index in [0.29, 0.717) is 18.3 Å². The lowest BCUT2D eigenvalue weighted by Gasteiger charge is -2.36. The molecule has 0 aromatic heterocycles. The summed E-state index contributed by atoms with van der Waals surface area (Å²) in [4.78, 5) is 25.8. The molecule has 0 spiro atoms. The fourth-order valence-corrected chi connectivity index (χ4v) is 4.03. The number of hydrogen-bond donors (Lipinski definition) is 1. The van der Waals surface area contributed by atoms with Crippen molar-refractivity contribution in [1.82, 2.24) is 4.90 Å². The molecule has 1 saturated heterocycles. The molecule has 0 bridgehead atoms. The molecule has 1 atom stereocenters. The minimum absolute atomic E-state index is 0.153. The summed E-state index contributed by atoms with van der Waals surface area (Å²) in [5.74, 6) is 0.647. The topological polar surface area (TPSA) is 57.6 Å². The van der Waals surface area contributed by atoms with Crippen molar-refractivity contribution in [2.75, 3.05) is 13.1 Å². The van der Waals surface area contributed by atoms with Crippen LogP contribution in [0, 0.1) is 17.3 Å². The van der Waals surface area contributed by atoms with Crippen molar-refractivity contribution in [2.45, 2.75) is 65.2 Å². The van der Waals surface area contributed by atoms with E-state index in [2.05, 4.69) is 13.8 Å². The Balaban J connectivity index is 1.97. The Kier molecular flexibility index (Phi) is 5.28. The highest BCUT2D eigenvalue weighted by Crippen LogP contribution is 2.43. The van der Waals surface area contributed by atoms with Gasteiger partial charge in [-0.05, 0) is 36.5 Å². The van der Waals surface area contributed by atoms with Crippen LogP contribution in [0.4, 0.5) is 0 Å². The van der Waals surface area contributed by atoms with E-state index in [-0.39, 0.29) is 17.7 Å². The third kappa shape index (κ3) is 4.21.